The predicted molar refractivity (Wildman–Crippen MR) is 105 cm³/mol. The molecule has 0 unspecified atom stereocenters. The Morgan fingerprint density at radius 1 is 0.692 bits per heavy atom. The van der Waals surface area contributed by atoms with E-state index in [1.807, 2.05) is 0 Å². The van der Waals surface area contributed by atoms with E-state index in [1.54, 1.807) is 0 Å². The van der Waals surface area contributed by atoms with Crippen LogP contribution in [0.15, 0.2) is 48.5 Å². The van der Waals surface area contributed by atoms with Crippen molar-refractivity contribution in [2.24, 2.45) is 0 Å². The summed E-state index contributed by atoms with van der Waals surface area (Å²) in [6.07, 6.45) is 0. The van der Waals surface area contributed by atoms with Gasteiger partial charge in [-0.15, -0.1) is 0 Å². The van der Waals surface area contributed by atoms with Crippen LogP contribution in [0.5, 0.6) is 0 Å². The van der Waals surface area contributed by atoms with Crippen LogP contribution in [0, 0.1) is 20.2 Å². The van der Waals surface area contributed by atoms with Crippen LogP contribution in [0.1, 0.15) is 0 Å². The molecule has 2 aromatic rings. The van der Waals surface area contributed by atoms with Crippen LogP contribution in [0.25, 0.3) is 0 Å². The standard InChI is InChI=1S/C14H12N6O4S2/c21-19(22)11-5-1-9(2-6-11)15-13(25)17-18-14(26)16-10-3-7-12(8-4-10)20(23)24/h1-8H,(H2,15,17,25)(H2,16,18,26). The number of nitro benzene ring substituents is 2. The average molecular weight is 392 g/mol. The molecule has 0 spiro atoms. The Labute approximate surface area is 157 Å². The topological polar surface area (TPSA) is 134 Å². The lowest BCUT2D eigenvalue weighted by atomic mass is 10.3. The van der Waals surface area contributed by atoms with Crippen molar-refractivity contribution in [3.05, 3.63) is 68.8 Å². The van der Waals surface area contributed by atoms with Crippen LogP contribution in [-0.2, 0) is 0 Å². The van der Waals surface area contributed by atoms with Gasteiger partial charge in [0.05, 0.1) is 9.85 Å². The zero-order valence-corrected chi connectivity index (χ0v) is 14.6. The van der Waals surface area contributed by atoms with Crippen LogP contribution in [0.3, 0.4) is 0 Å². The van der Waals surface area contributed by atoms with Gasteiger partial charge in [0, 0.05) is 35.6 Å². The highest BCUT2D eigenvalue weighted by molar-refractivity contribution is 7.81. The van der Waals surface area contributed by atoms with Crippen LogP contribution < -0.4 is 21.5 Å². The molecule has 0 aliphatic carbocycles. The van der Waals surface area contributed by atoms with E-state index in [4.69, 9.17) is 24.4 Å². The molecule has 0 heterocycles. The van der Waals surface area contributed by atoms with E-state index in [0.717, 1.165) is 0 Å². The van der Waals surface area contributed by atoms with Gasteiger partial charge in [-0.3, -0.25) is 31.1 Å². The van der Waals surface area contributed by atoms with Crippen molar-refractivity contribution in [1.82, 2.24) is 10.9 Å². The van der Waals surface area contributed by atoms with E-state index < -0.39 is 9.85 Å². The first-order valence-electron chi connectivity index (χ1n) is 6.98. The number of anilines is 2. The van der Waals surface area contributed by atoms with E-state index in [1.165, 1.54) is 48.5 Å². The van der Waals surface area contributed by atoms with E-state index >= 15 is 0 Å². The van der Waals surface area contributed by atoms with Crippen LogP contribution in [-0.4, -0.2) is 20.1 Å². The first-order chi connectivity index (χ1) is 12.3. The van der Waals surface area contributed by atoms with Crippen molar-refractivity contribution in [2.45, 2.75) is 0 Å². The molecule has 0 atom stereocenters. The highest BCUT2D eigenvalue weighted by Crippen LogP contribution is 2.16. The number of hydrazine groups is 1. The summed E-state index contributed by atoms with van der Waals surface area (Å²) in [5.41, 5.74) is 6.35. The molecular weight excluding hydrogens is 380 g/mol. The molecule has 134 valence electrons. The van der Waals surface area contributed by atoms with Gasteiger partial charge >= 0.3 is 0 Å². The lowest BCUT2D eigenvalue weighted by molar-refractivity contribution is -0.385. The van der Waals surface area contributed by atoms with Gasteiger partial charge in [0.1, 0.15) is 0 Å². The molecule has 2 aromatic carbocycles. The molecule has 0 saturated carbocycles. The quantitative estimate of drug-likeness (QED) is 0.349. The lowest BCUT2D eigenvalue weighted by Gasteiger charge is -2.14. The lowest BCUT2D eigenvalue weighted by Crippen LogP contribution is -2.45. The first kappa shape index (κ1) is 19.0. The van der Waals surface area contributed by atoms with Crippen molar-refractivity contribution < 1.29 is 9.85 Å². The van der Waals surface area contributed by atoms with Gasteiger partial charge < -0.3 is 10.6 Å². The van der Waals surface area contributed by atoms with Crippen LogP contribution in [0.2, 0.25) is 0 Å². The van der Waals surface area contributed by atoms with E-state index in [0.29, 0.717) is 11.4 Å². The first-order valence-corrected chi connectivity index (χ1v) is 7.79. The van der Waals surface area contributed by atoms with Gasteiger partial charge in [-0.2, -0.15) is 0 Å². The molecule has 0 bridgehead atoms. The maximum Gasteiger partial charge on any atom is 0.269 e. The molecule has 2 rings (SSSR count). The van der Waals surface area contributed by atoms with Crippen molar-refractivity contribution in [3.8, 4) is 0 Å². The molecular formula is C14H12N6O4S2. The number of nitro groups is 2. The van der Waals surface area contributed by atoms with Crippen molar-refractivity contribution in [3.63, 3.8) is 0 Å². The Balaban J connectivity index is 1.80. The van der Waals surface area contributed by atoms with Gasteiger partial charge in [-0.25, -0.2) is 0 Å². The fourth-order valence-corrected chi connectivity index (χ4v) is 2.11. The highest BCUT2D eigenvalue weighted by atomic mass is 32.1. The molecule has 10 nitrogen and oxygen atoms in total. The van der Waals surface area contributed by atoms with Crippen LogP contribution in [0.4, 0.5) is 22.7 Å². The Morgan fingerprint density at radius 2 is 1.00 bits per heavy atom. The molecule has 0 aliphatic heterocycles. The number of non-ortho nitro benzene ring substituents is 2. The molecule has 0 aliphatic rings. The van der Waals surface area contributed by atoms with E-state index in [2.05, 4.69) is 21.5 Å². The van der Waals surface area contributed by atoms with Gasteiger partial charge in [0.2, 0.25) is 0 Å². The van der Waals surface area contributed by atoms with Gasteiger partial charge in [-0.1, -0.05) is 0 Å². The number of nitrogens with one attached hydrogen (secondary N) is 4. The minimum absolute atomic E-state index is 0.0268. The molecule has 12 heteroatoms. The number of rotatable bonds is 4. The summed E-state index contributed by atoms with van der Waals surface area (Å²) < 4.78 is 0. The minimum Gasteiger partial charge on any atom is -0.331 e. The summed E-state index contributed by atoms with van der Waals surface area (Å²) in [7, 11) is 0. The predicted octanol–water partition coefficient (Wildman–Crippen LogP) is 2.69. The molecule has 4 N–H and O–H groups in total. The maximum absolute atomic E-state index is 10.6. The number of nitrogens with zero attached hydrogens (tertiary/aromatic N) is 2. The van der Waals surface area contributed by atoms with E-state index in [-0.39, 0.29) is 21.6 Å². The Kier molecular flexibility index (Phi) is 6.30. The summed E-state index contributed by atoms with van der Waals surface area (Å²) in [6.45, 7) is 0. The molecule has 0 aromatic heterocycles. The third kappa shape index (κ3) is 5.61. The summed E-state index contributed by atoms with van der Waals surface area (Å²) in [5.74, 6) is 0. The number of benzene rings is 2. The monoisotopic (exact) mass is 392 g/mol. The summed E-state index contributed by atoms with van der Waals surface area (Å²) >= 11 is 10.1. The number of hydrogen-bond donors (Lipinski definition) is 4. The Bertz CT molecular complexity index is 770. The highest BCUT2D eigenvalue weighted by Gasteiger charge is 2.06. The summed E-state index contributed by atoms with van der Waals surface area (Å²) in [4.78, 5) is 20.2. The number of thiocarbonyl (C=S) groups is 2. The fraction of sp³-hybridized carbons (Fsp3) is 0. The maximum atomic E-state index is 10.6. The zero-order valence-electron chi connectivity index (χ0n) is 13.0. The molecule has 0 fully saturated rings. The minimum atomic E-state index is -0.496. The van der Waals surface area contributed by atoms with Crippen molar-refractivity contribution in [1.29, 1.82) is 0 Å². The van der Waals surface area contributed by atoms with E-state index in [9.17, 15) is 20.2 Å². The third-order valence-electron chi connectivity index (χ3n) is 2.96. The van der Waals surface area contributed by atoms with Crippen LogP contribution >= 0.6 is 24.4 Å². The fourth-order valence-electron chi connectivity index (χ4n) is 1.77. The average Bonchev–Trinajstić information content (AvgIpc) is 2.61. The number of hydrogen-bond acceptors (Lipinski definition) is 6. The smallest absolute Gasteiger partial charge is 0.269 e. The zero-order chi connectivity index (χ0) is 19.1. The Morgan fingerprint density at radius 3 is 1.27 bits per heavy atom. The molecule has 0 amide bonds. The second-order valence-corrected chi connectivity index (χ2v) is 5.58. The summed E-state index contributed by atoms with van der Waals surface area (Å²) in [5, 5.41) is 27.2. The second-order valence-electron chi connectivity index (χ2n) is 4.77. The third-order valence-corrected chi connectivity index (χ3v) is 3.37. The van der Waals surface area contributed by atoms with Gasteiger partial charge in [-0.05, 0) is 48.7 Å². The summed E-state index contributed by atoms with van der Waals surface area (Å²) in [6, 6.07) is 11.4. The molecule has 0 radical (unpaired) electrons. The van der Waals surface area contributed by atoms with Gasteiger partial charge in [0.25, 0.3) is 11.4 Å². The Hall–Kier alpha value is -3.38. The molecule has 0 saturated heterocycles. The SMILES string of the molecule is O=[N+]([O-])c1ccc(NC(=S)NNC(=S)Nc2ccc([N+](=O)[O-])cc2)cc1. The van der Waals surface area contributed by atoms with Crippen molar-refractivity contribution >= 4 is 57.4 Å². The normalized spacial score (nSPS) is 9.69. The largest absolute Gasteiger partial charge is 0.331 e. The van der Waals surface area contributed by atoms with Gasteiger partial charge in [0.15, 0.2) is 10.2 Å². The second kappa shape index (κ2) is 8.64. The van der Waals surface area contributed by atoms with Crippen molar-refractivity contribution in [2.75, 3.05) is 10.6 Å². The molecule has 26 heavy (non-hydrogen) atoms.